The molecule has 0 aliphatic carbocycles. The molecule has 1 aromatic heterocycles. The Balaban J connectivity index is 1.58. The number of hydrogen-bond donors (Lipinski definition) is 0. The fourth-order valence-corrected chi connectivity index (χ4v) is 4.79. The summed E-state index contributed by atoms with van der Waals surface area (Å²) in [6, 6.07) is 22.8. The summed E-state index contributed by atoms with van der Waals surface area (Å²) in [6.45, 7) is 7.35. The predicted octanol–water partition coefficient (Wildman–Crippen LogP) is 6.31. The highest BCUT2D eigenvalue weighted by Gasteiger charge is 2.42. The van der Waals surface area contributed by atoms with Gasteiger partial charge < -0.3 is 14.1 Å². The maximum absolute atomic E-state index is 13.8. The van der Waals surface area contributed by atoms with Gasteiger partial charge in [-0.1, -0.05) is 67.9 Å². The largest absolute Gasteiger partial charge is 0.494 e. The summed E-state index contributed by atoms with van der Waals surface area (Å²) in [7, 11) is 0. The maximum Gasteiger partial charge on any atom is 0.290 e. The second-order valence-electron chi connectivity index (χ2n) is 9.91. The van der Waals surface area contributed by atoms with Gasteiger partial charge in [0.25, 0.3) is 5.91 Å². The highest BCUT2D eigenvalue weighted by atomic mass is 16.5. The molecule has 0 saturated carbocycles. The summed E-state index contributed by atoms with van der Waals surface area (Å²) < 4.78 is 12.1. The van der Waals surface area contributed by atoms with Crippen LogP contribution in [0.15, 0.2) is 82.0 Å². The third-order valence-electron chi connectivity index (χ3n) is 6.74. The van der Waals surface area contributed by atoms with Crippen molar-refractivity contribution in [2.24, 2.45) is 5.92 Å². The van der Waals surface area contributed by atoms with Gasteiger partial charge in [-0.15, -0.1) is 0 Å². The summed E-state index contributed by atoms with van der Waals surface area (Å²) in [5.41, 5.74) is 3.64. The molecule has 5 heteroatoms. The van der Waals surface area contributed by atoms with Crippen molar-refractivity contribution in [1.82, 2.24) is 4.90 Å². The number of carbonyl (C=O) groups is 1. The van der Waals surface area contributed by atoms with E-state index in [4.69, 9.17) is 9.15 Å². The summed E-state index contributed by atoms with van der Waals surface area (Å²) in [5.74, 6) is 1.16. The van der Waals surface area contributed by atoms with E-state index in [1.165, 1.54) is 0 Å². The quantitative estimate of drug-likeness (QED) is 0.296. The molecule has 1 unspecified atom stereocenters. The van der Waals surface area contributed by atoms with Crippen molar-refractivity contribution in [3.05, 3.63) is 111 Å². The Kier molecular flexibility index (Phi) is 6.64. The van der Waals surface area contributed by atoms with Gasteiger partial charge in [-0.3, -0.25) is 9.59 Å². The van der Waals surface area contributed by atoms with Crippen molar-refractivity contribution in [2.45, 2.75) is 39.7 Å². The van der Waals surface area contributed by atoms with Gasteiger partial charge in [0, 0.05) is 6.54 Å². The minimum absolute atomic E-state index is 0.139. The van der Waals surface area contributed by atoms with Crippen LogP contribution >= 0.6 is 0 Å². The first-order chi connectivity index (χ1) is 17.4. The smallest absolute Gasteiger partial charge is 0.290 e. The van der Waals surface area contributed by atoms with Gasteiger partial charge in [0.2, 0.25) is 5.76 Å². The lowest BCUT2D eigenvalue weighted by molar-refractivity contribution is 0.0729. The average molecular weight is 482 g/mol. The molecule has 0 saturated heterocycles. The zero-order valence-electron chi connectivity index (χ0n) is 21.0. The number of rotatable bonds is 8. The molecule has 2 heterocycles. The highest BCUT2D eigenvalue weighted by Crippen LogP contribution is 2.39. The number of fused-ring (bicyclic) bond motifs is 2. The second kappa shape index (κ2) is 10.0. The molecule has 1 atom stereocenters. The number of amides is 1. The Labute approximate surface area is 211 Å². The van der Waals surface area contributed by atoms with Crippen LogP contribution in [0.4, 0.5) is 0 Å². The van der Waals surface area contributed by atoms with Gasteiger partial charge >= 0.3 is 0 Å². The Morgan fingerprint density at radius 3 is 2.56 bits per heavy atom. The van der Waals surface area contributed by atoms with Crippen LogP contribution in [0.2, 0.25) is 0 Å². The number of hydrogen-bond acceptors (Lipinski definition) is 4. The number of aryl methyl sites for hydroxylation is 1. The Morgan fingerprint density at radius 2 is 1.78 bits per heavy atom. The number of carbonyl (C=O) groups excluding carboxylic acids is 1. The zero-order valence-corrected chi connectivity index (χ0v) is 21.0. The van der Waals surface area contributed by atoms with Gasteiger partial charge in [-0.05, 0) is 61.1 Å². The van der Waals surface area contributed by atoms with E-state index in [-0.39, 0.29) is 17.1 Å². The summed E-state index contributed by atoms with van der Waals surface area (Å²) in [4.78, 5) is 29.2. The number of benzene rings is 3. The molecule has 0 bridgehead atoms. The Morgan fingerprint density at radius 1 is 0.972 bits per heavy atom. The van der Waals surface area contributed by atoms with E-state index >= 15 is 0 Å². The SMILES string of the molecule is Cc1ccc2oc3c(c(=O)c2c1)C(c1cccc(OCCC(C)C)c1)N(CCc1ccccc1)C3=O. The zero-order chi connectivity index (χ0) is 25.2. The summed E-state index contributed by atoms with van der Waals surface area (Å²) in [5, 5.41) is 0.501. The van der Waals surface area contributed by atoms with Crippen LogP contribution in [0.1, 0.15) is 59.1 Å². The third-order valence-corrected chi connectivity index (χ3v) is 6.74. The van der Waals surface area contributed by atoms with E-state index in [2.05, 4.69) is 13.8 Å². The van der Waals surface area contributed by atoms with E-state index in [0.29, 0.717) is 42.0 Å². The van der Waals surface area contributed by atoms with Crippen LogP contribution in [0, 0.1) is 12.8 Å². The lowest BCUT2D eigenvalue weighted by atomic mass is 9.97. The normalized spacial score (nSPS) is 15.1. The first kappa shape index (κ1) is 23.9. The molecule has 1 amide bonds. The molecule has 0 N–H and O–H groups in total. The molecule has 0 spiro atoms. The first-order valence-corrected chi connectivity index (χ1v) is 12.6. The molecule has 0 radical (unpaired) electrons. The van der Waals surface area contributed by atoms with Crippen LogP contribution in [0.5, 0.6) is 5.75 Å². The van der Waals surface area contributed by atoms with Gasteiger partial charge in [0.1, 0.15) is 11.3 Å². The van der Waals surface area contributed by atoms with Crippen molar-refractivity contribution in [1.29, 1.82) is 0 Å². The van der Waals surface area contributed by atoms with Crippen molar-refractivity contribution in [2.75, 3.05) is 13.2 Å². The van der Waals surface area contributed by atoms with E-state index in [1.54, 1.807) is 11.0 Å². The van der Waals surface area contributed by atoms with Gasteiger partial charge in [0.15, 0.2) is 5.43 Å². The molecule has 3 aromatic carbocycles. The molecule has 184 valence electrons. The fourth-order valence-electron chi connectivity index (χ4n) is 4.79. The lowest BCUT2D eigenvalue weighted by Gasteiger charge is -2.25. The second-order valence-corrected chi connectivity index (χ2v) is 9.91. The van der Waals surface area contributed by atoms with Crippen LogP contribution in [-0.4, -0.2) is 24.0 Å². The fraction of sp³-hybridized carbons (Fsp3) is 0.290. The van der Waals surface area contributed by atoms with Crippen LogP contribution < -0.4 is 10.2 Å². The van der Waals surface area contributed by atoms with Crippen LogP contribution in [-0.2, 0) is 6.42 Å². The molecule has 4 aromatic rings. The van der Waals surface area contributed by atoms with Gasteiger partial charge in [-0.2, -0.15) is 0 Å². The Hall–Kier alpha value is -3.86. The van der Waals surface area contributed by atoms with E-state index in [9.17, 15) is 9.59 Å². The van der Waals surface area contributed by atoms with Crippen molar-refractivity contribution >= 4 is 16.9 Å². The Bertz CT molecular complexity index is 1450. The van der Waals surface area contributed by atoms with E-state index < -0.39 is 6.04 Å². The molecule has 1 aliphatic heterocycles. The topological polar surface area (TPSA) is 59.8 Å². The monoisotopic (exact) mass is 481 g/mol. The molecule has 36 heavy (non-hydrogen) atoms. The van der Waals surface area contributed by atoms with Crippen molar-refractivity contribution < 1.29 is 13.9 Å². The molecular weight excluding hydrogens is 450 g/mol. The predicted molar refractivity (Wildman–Crippen MR) is 142 cm³/mol. The number of nitrogens with zero attached hydrogens (tertiary/aromatic N) is 1. The summed E-state index contributed by atoms with van der Waals surface area (Å²) in [6.07, 6.45) is 1.63. The average Bonchev–Trinajstić information content (AvgIpc) is 3.15. The maximum atomic E-state index is 13.8. The molecule has 0 fully saturated rings. The highest BCUT2D eigenvalue weighted by molar-refractivity contribution is 5.99. The minimum Gasteiger partial charge on any atom is -0.494 e. The van der Waals surface area contributed by atoms with Crippen molar-refractivity contribution in [3.8, 4) is 5.75 Å². The van der Waals surface area contributed by atoms with E-state index in [1.807, 2.05) is 73.7 Å². The third kappa shape index (κ3) is 4.66. The van der Waals surface area contributed by atoms with Gasteiger partial charge in [0.05, 0.1) is 23.6 Å². The summed E-state index contributed by atoms with van der Waals surface area (Å²) >= 11 is 0. The van der Waals surface area contributed by atoms with Gasteiger partial charge in [-0.25, -0.2) is 0 Å². The molecule has 5 rings (SSSR count). The molecular formula is C31H31NO4. The standard InChI is InChI=1S/C31H31NO4/c1-20(2)15-17-35-24-11-7-10-23(19-24)28-27-29(33)25-18-21(3)12-13-26(25)36-30(27)31(34)32(28)16-14-22-8-5-4-6-9-22/h4-13,18-20,28H,14-17H2,1-3H3. The van der Waals surface area contributed by atoms with Crippen LogP contribution in [0.25, 0.3) is 11.0 Å². The van der Waals surface area contributed by atoms with E-state index in [0.717, 1.165) is 28.9 Å². The minimum atomic E-state index is -0.536. The molecule has 5 nitrogen and oxygen atoms in total. The first-order valence-electron chi connectivity index (χ1n) is 12.6. The lowest BCUT2D eigenvalue weighted by Crippen LogP contribution is -2.31. The van der Waals surface area contributed by atoms with Crippen LogP contribution in [0.3, 0.4) is 0 Å². The van der Waals surface area contributed by atoms with Crippen molar-refractivity contribution in [3.63, 3.8) is 0 Å². The molecule has 1 aliphatic rings. The number of ether oxygens (including phenoxy) is 1.